The molecule has 1 aliphatic rings. The second-order valence-corrected chi connectivity index (χ2v) is 4.82. The highest BCUT2D eigenvalue weighted by atomic mass is 15.2. The summed E-state index contributed by atoms with van der Waals surface area (Å²) in [6.45, 7) is 6.60. The first-order valence-electron chi connectivity index (χ1n) is 6.13. The van der Waals surface area contributed by atoms with E-state index < -0.39 is 0 Å². The van der Waals surface area contributed by atoms with Crippen LogP contribution in [0, 0.1) is 0 Å². The molecule has 2 heterocycles. The van der Waals surface area contributed by atoms with Crippen molar-refractivity contribution in [1.29, 1.82) is 0 Å². The van der Waals surface area contributed by atoms with E-state index in [1.807, 2.05) is 12.4 Å². The van der Waals surface area contributed by atoms with Crippen LogP contribution in [0.5, 0.6) is 0 Å². The summed E-state index contributed by atoms with van der Waals surface area (Å²) in [6.07, 6.45) is 10.2. The zero-order valence-corrected chi connectivity index (χ0v) is 10.2. The lowest BCUT2D eigenvalue weighted by molar-refractivity contribution is 0.166. The van der Waals surface area contributed by atoms with Crippen molar-refractivity contribution in [2.24, 2.45) is 0 Å². The Balaban J connectivity index is 2.05. The number of aromatic nitrogens is 2. The summed E-state index contributed by atoms with van der Waals surface area (Å²) in [4.78, 5) is 2.56. The molecule has 0 aliphatic carbocycles. The molecule has 1 aromatic heterocycles. The molecule has 0 bridgehead atoms. The summed E-state index contributed by atoms with van der Waals surface area (Å²) < 4.78 is 0. The van der Waals surface area contributed by atoms with Crippen molar-refractivity contribution >= 4 is 0 Å². The van der Waals surface area contributed by atoms with Gasteiger partial charge in [0.25, 0.3) is 0 Å². The highest BCUT2D eigenvalue weighted by Gasteiger charge is 2.23. The van der Waals surface area contributed by atoms with Gasteiger partial charge < -0.3 is 0 Å². The number of piperidine rings is 1. The average Bonchev–Trinajstić information content (AvgIpc) is 2.80. The van der Waals surface area contributed by atoms with Crippen molar-refractivity contribution < 1.29 is 0 Å². The molecular formula is C13H21N3. The second-order valence-electron chi connectivity index (χ2n) is 4.82. The van der Waals surface area contributed by atoms with E-state index in [1.54, 1.807) is 0 Å². The van der Waals surface area contributed by atoms with Crippen LogP contribution in [0.3, 0.4) is 0 Å². The molecule has 1 atom stereocenters. The molecule has 0 radical (unpaired) electrons. The summed E-state index contributed by atoms with van der Waals surface area (Å²) in [5.74, 6) is 0. The standard InChI is InChI=1S/C13H21N3/c1-11(2)6-8-16-7-4-3-5-13(16)12-9-14-15-10-12/h6,9-10,13H,3-5,7-8H2,1-2H3,(H,14,15)/t13-/m1/s1. The van der Waals surface area contributed by atoms with Crippen LogP contribution in [-0.4, -0.2) is 28.2 Å². The van der Waals surface area contributed by atoms with Crippen LogP contribution in [0.25, 0.3) is 0 Å². The molecule has 0 amide bonds. The number of hydrogen-bond donors (Lipinski definition) is 1. The molecule has 1 saturated heterocycles. The van der Waals surface area contributed by atoms with Gasteiger partial charge in [0.15, 0.2) is 0 Å². The molecule has 0 aromatic carbocycles. The number of nitrogens with one attached hydrogen (secondary N) is 1. The first-order valence-corrected chi connectivity index (χ1v) is 6.13. The van der Waals surface area contributed by atoms with Gasteiger partial charge >= 0.3 is 0 Å². The van der Waals surface area contributed by atoms with Crippen LogP contribution in [0.15, 0.2) is 24.0 Å². The van der Waals surface area contributed by atoms with Gasteiger partial charge in [0.05, 0.1) is 6.20 Å². The molecule has 2 rings (SSSR count). The van der Waals surface area contributed by atoms with Crippen LogP contribution in [0.2, 0.25) is 0 Å². The number of allylic oxidation sites excluding steroid dienone is 1. The molecule has 0 spiro atoms. The quantitative estimate of drug-likeness (QED) is 0.793. The van der Waals surface area contributed by atoms with Gasteiger partial charge in [-0.05, 0) is 33.2 Å². The summed E-state index contributed by atoms with van der Waals surface area (Å²) in [5, 5.41) is 6.98. The zero-order valence-electron chi connectivity index (χ0n) is 10.2. The van der Waals surface area contributed by atoms with E-state index in [2.05, 4.69) is 35.0 Å². The smallest absolute Gasteiger partial charge is 0.0535 e. The third kappa shape index (κ3) is 2.73. The van der Waals surface area contributed by atoms with Crippen LogP contribution < -0.4 is 0 Å². The Bertz CT molecular complexity index is 336. The molecule has 3 nitrogen and oxygen atoms in total. The Hall–Kier alpha value is -1.09. The number of nitrogens with zero attached hydrogens (tertiary/aromatic N) is 2. The van der Waals surface area contributed by atoms with Gasteiger partial charge in [-0.15, -0.1) is 0 Å². The van der Waals surface area contributed by atoms with Gasteiger partial charge in [-0.25, -0.2) is 0 Å². The first-order chi connectivity index (χ1) is 7.77. The predicted molar refractivity (Wildman–Crippen MR) is 66.2 cm³/mol. The Morgan fingerprint density at radius 1 is 1.56 bits per heavy atom. The molecule has 0 unspecified atom stereocenters. The van der Waals surface area contributed by atoms with Crippen LogP contribution >= 0.6 is 0 Å². The fourth-order valence-electron chi connectivity index (χ4n) is 2.33. The van der Waals surface area contributed by atoms with Gasteiger partial charge in [0.1, 0.15) is 0 Å². The number of H-pyrrole nitrogens is 1. The summed E-state index contributed by atoms with van der Waals surface area (Å²) in [7, 11) is 0. The largest absolute Gasteiger partial charge is 0.293 e. The lowest BCUT2D eigenvalue weighted by Crippen LogP contribution is -2.33. The second kappa shape index (κ2) is 5.30. The van der Waals surface area contributed by atoms with Crippen LogP contribution in [-0.2, 0) is 0 Å². The van der Waals surface area contributed by atoms with E-state index in [9.17, 15) is 0 Å². The number of rotatable bonds is 3. The van der Waals surface area contributed by atoms with Crippen molar-refractivity contribution in [3.63, 3.8) is 0 Å². The molecule has 1 aliphatic heterocycles. The van der Waals surface area contributed by atoms with Crippen molar-refractivity contribution in [3.05, 3.63) is 29.6 Å². The van der Waals surface area contributed by atoms with E-state index in [1.165, 1.54) is 36.9 Å². The highest BCUT2D eigenvalue weighted by Crippen LogP contribution is 2.29. The van der Waals surface area contributed by atoms with E-state index >= 15 is 0 Å². The third-order valence-electron chi connectivity index (χ3n) is 3.25. The minimum absolute atomic E-state index is 0.558. The van der Waals surface area contributed by atoms with Gasteiger partial charge in [-0.3, -0.25) is 10.00 Å². The summed E-state index contributed by atoms with van der Waals surface area (Å²) in [6, 6.07) is 0.558. The third-order valence-corrected chi connectivity index (χ3v) is 3.25. The minimum Gasteiger partial charge on any atom is -0.293 e. The minimum atomic E-state index is 0.558. The van der Waals surface area contributed by atoms with Crippen LogP contribution in [0.4, 0.5) is 0 Å². The van der Waals surface area contributed by atoms with Crippen molar-refractivity contribution in [2.75, 3.05) is 13.1 Å². The van der Waals surface area contributed by atoms with Gasteiger partial charge in [-0.2, -0.15) is 5.10 Å². The maximum atomic E-state index is 4.06. The van der Waals surface area contributed by atoms with Gasteiger partial charge in [0, 0.05) is 24.3 Å². The lowest BCUT2D eigenvalue weighted by Gasteiger charge is -2.34. The molecule has 88 valence electrons. The number of hydrogen-bond acceptors (Lipinski definition) is 2. The number of likely N-dealkylation sites (tertiary alicyclic amines) is 1. The average molecular weight is 219 g/mol. The van der Waals surface area contributed by atoms with Gasteiger partial charge in [0.2, 0.25) is 0 Å². The summed E-state index contributed by atoms with van der Waals surface area (Å²) >= 11 is 0. The normalized spacial score (nSPS) is 22.0. The molecule has 1 fully saturated rings. The van der Waals surface area contributed by atoms with E-state index in [0.29, 0.717) is 6.04 Å². The molecule has 1 aromatic rings. The predicted octanol–water partition coefficient (Wildman–Crippen LogP) is 2.90. The Morgan fingerprint density at radius 2 is 2.44 bits per heavy atom. The SMILES string of the molecule is CC(C)=CCN1CCCC[C@@H]1c1cn[nH]c1. The Labute approximate surface area is 97.5 Å². The van der Waals surface area contributed by atoms with Gasteiger partial charge in [-0.1, -0.05) is 18.1 Å². The van der Waals surface area contributed by atoms with Crippen molar-refractivity contribution in [2.45, 2.75) is 39.2 Å². The monoisotopic (exact) mass is 219 g/mol. The topological polar surface area (TPSA) is 31.9 Å². The zero-order chi connectivity index (χ0) is 11.4. The molecule has 0 saturated carbocycles. The maximum Gasteiger partial charge on any atom is 0.0535 e. The fourth-order valence-corrected chi connectivity index (χ4v) is 2.33. The lowest BCUT2D eigenvalue weighted by atomic mass is 9.97. The molecular weight excluding hydrogens is 198 g/mol. The van der Waals surface area contributed by atoms with Crippen LogP contribution in [0.1, 0.15) is 44.7 Å². The van der Waals surface area contributed by atoms with Crippen molar-refractivity contribution in [3.8, 4) is 0 Å². The molecule has 16 heavy (non-hydrogen) atoms. The van der Waals surface area contributed by atoms with E-state index in [4.69, 9.17) is 0 Å². The highest BCUT2D eigenvalue weighted by molar-refractivity contribution is 5.11. The van der Waals surface area contributed by atoms with Crippen molar-refractivity contribution in [1.82, 2.24) is 15.1 Å². The number of aromatic amines is 1. The molecule has 3 heteroatoms. The Kier molecular flexibility index (Phi) is 3.78. The fraction of sp³-hybridized carbons (Fsp3) is 0.615. The maximum absolute atomic E-state index is 4.06. The molecule has 1 N–H and O–H groups in total. The van der Waals surface area contributed by atoms with E-state index in [-0.39, 0.29) is 0 Å². The van der Waals surface area contributed by atoms with E-state index in [0.717, 1.165) is 6.54 Å². The first kappa shape index (κ1) is 11.4. The summed E-state index contributed by atoms with van der Waals surface area (Å²) in [5.41, 5.74) is 2.73. The Morgan fingerprint density at radius 3 is 3.12 bits per heavy atom.